The lowest BCUT2D eigenvalue weighted by molar-refractivity contribution is -0.119. The number of aromatic nitrogens is 1. The summed E-state index contributed by atoms with van der Waals surface area (Å²) in [5, 5.41) is 0.466. The molecule has 1 heterocycles. The Balaban J connectivity index is 1.92. The van der Waals surface area contributed by atoms with Crippen molar-refractivity contribution in [3.63, 3.8) is 0 Å². The second-order valence-corrected chi connectivity index (χ2v) is 6.53. The fourth-order valence-corrected chi connectivity index (χ4v) is 3.04. The first-order valence-corrected chi connectivity index (χ1v) is 7.59. The van der Waals surface area contributed by atoms with Gasteiger partial charge in [-0.05, 0) is 31.9 Å². The Morgan fingerprint density at radius 1 is 1.48 bits per heavy atom. The summed E-state index contributed by atoms with van der Waals surface area (Å²) in [5.74, 6) is -0.375. The molecule has 4 nitrogen and oxygen atoms in total. The number of aryl methyl sites for hydroxylation is 1. The monoisotopic (exact) mass is 305 g/mol. The molecule has 0 bridgehead atoms. The van der Waals surface area contributed by atoms with Gasteiger partial charge < -0.3 is 10.6 Å². The van der Waals surface area contributed by atoms with Crippen molar-refractivity contribution in [3.05, 3.63) is 28.9 Å². The van der Waals surface area contributed by atoms with Gasteiger partial charge in [0.05, 0.1) is 11.4 Å². The van der Waals surface area contributed by atoms with Gasteiger partial charge in [0.15, 0.2) is 5.13 Å². The molecule has 0 saturated heterocycles. The zero-order chi connectivity index (χ0) is 15.1. The Bertz CT molecular complexity index is 709. The van der Waals surface area contributed by atoms with Crippen molar-refractivity contribution < 1.29 is 9.18 Å². The van der Waals surface area contributed by atoms with E-state index in [-0.39, 0.29) is 11.8 Å². The Kier molecular flexibility index (Phi) is 3.41. The van der Waals surface area contributed by atoms with Gasteiger partial charge in [0.25, 0.3) is 0 Å². The molecule has 0 spiro atoms. The minimum absolute atomic E-state index is 0.0178. The summed E-state index contributed by atoms with van der Waals surface area (Å²) >= 11 is 1.38. The van der Waals surface area contributed by atoms with Gasteiger partial charge in [-0.3, -0.25) is 4.79 Å². The first-order valence-electron chi connectivity index (χ1n) is 6.77. The van der Waals surface area contributed by atoms with Crippen LogP contribution in [0.15, 0.2) is 18.2 Å². The second kappa shape index (κ2) is 5.11. The van der Waals surface area contributed by atoms with Crippen LogP contribution in [0.3, 0.4) is 0 Å². The molecule has 0 unspecified atom stereocenters. The summed E-state index contributed by atoms with van der Waals surface area (Å²) in [4.78, 5) is 18.6. The van der Waals surface area contributed by atoms with E-state index in [1.54, 1.807) is 19.2 Å². The quantitative estimate of drug-likeness (QED) is 0.947. The number of hydrogen-bond donors (Lipinski definition) is 1. The van der Waals surface area contributed by atoms with Crippen LogP contribution in [0, 0.1) is 18.7 Å². The van der Waals surface area contributed by atoms with E-state index in [1.807, 2.05) is 6.92 Å². The summed E-state index contributed by atoms with van der Waals surface area (Å²) < 4.78 is 14.3. The van der Waals surface area contributed by atoms with E-state index in [4.69, 9.17) is 5.73 Å². The van der Waals surface area contributed by atoms with Crippen molar-refractivity contribution in [2.45, 2.75) is 19.8 Å². The van der Waals surface area contributed by atoms with Gasteiger partial charge in [-0.1, -0.05) is 6.07 Å². The van der Waals surface area contributed by atoms with Crippen LogP contribution in [-0.4, -0.2) is 17.9 Å². The highest BCUT2D eigenvalue weighted by Crippen LogP contribution is 2.34. The number of anilines is 2. The van der Waals surface area contributed by atoms with Gasteiger partial charge >= 0.3 is 0 Å². The highest BCUT2D eigenvalue weighted by molar-refractivity contribution is 7.15. The third kappa shape index (κ3) is 2.63. The lowest BCUT2D eigenvalue weighted by atomic mass is 10.1. The van der Waals surface area contributed by atoms with E-state index >= 15 is 0 Å². The molecule has 1 saturated carbocycles. The summed E-state index contributed by atoms with van der Waals surface area (Å²) in [5.41, 5.74) is 7.34. The van der Waals surface area contributed by atoms with Crippen LogP contribution >= 0.6 is 11.3 Å². The zero-order valence-electron chi connectivity index (χ0n) is 11.9. The molecule has 0 aliphatic heterocycles. The molecule has 1 amide bonds. The van der Waals surface area contributed by atoms with E-state index in [0.717, 1.165) is 17.7 Å². The number of halogens is 1. The second-order valence-electron chi connectivity index (χ2n) is 5.29. The molecule has 1 aliphatic carbocycles. The number of rotatable bonds is 3. The molecule has 1 aromatic carbocycles. The van der Waals surface area contributed by atoms with Crippen LogP contribution in [0.2, 0.25) is 0 Å². The van der Waals surface area contributed by atoms with Crippen LogP contribution in [0.4, 0.5) is 15.2 Å². The van der Waals surface area contributed by atoms with Gasteiger partial charge in [0, 0.05) is 23.4 Å². The van der Waals surface area contributed by atoms with Crippen LogP contribution in [0.5, 0.6) is 0 Å². The summed E-state index contributed by atoms with van der Waals surface area (Å²) in [7, 11) is 1.62. The van der Waals surface area contributed by atoms with Crippen LogP contribution in [-0.2, 0) is 4.79 Å². The van der Waals surface area contributed by atoms with Crippen LogP contribution in [0.25, 0.3) is 11.3 Å². The van der Waals surface area contributed by atoms with Crippen molar-refractivity contribution in [2.75, 3.05) is 17.7 Å². The number of nitrogen functional groups attached to an aromatic ring is 1. The molecule has 6 heteroatoms. The highest BCUT2D eigenvalue weighted by atomic mass is 32.1. The molecule has 3 rings (SSSR count). The van der Waals surface area contributed by atoms with E-state index < -0.39 is 5.82 Å². The van der Waals surface area contributed by atoms with E-state index in [1.165, 1.54) is 22.3 Å². The first kappa shape index (κ1) is 14.0. The molecule has 110 valence electrons. The van der Waals surface area contributed by atoms with Gasteiger partial charge in [0.1, 0.15) is 5.82 Å². The molecule has 21 heavy (non-hydrogen) atoms. The average molecular weight is 305 g/mol. The van der Waals surface area contributed by atoms with Crippen LogP contribution < -0.4 is 10.6 Å². The average Bonchev–Trinajstić information content (AvgIpc) is 3.22. The fourth-order valence-electron chi connectivity index (χ4n) is 2.33. The van der Waals surface area contributed by atoms with E-state index in [9.17, 15) is 9.18 Å². The lowest BCUT2D eigenvalue weighted by Gasteiger charge is -2.18. The predicted octanol–water partition coefficient (Wildman–Crippen LogP) is 3.21. The fraction of sp³-hybridized carbons (Fsp3) is 0.333. The topological polar surface area (TPSA) is 59.2 Å². The summed E-state index contributed by atoms with van der Waals surface area (Å²) in [6.45, 7) is 1.90. The Morgan fingerprint density at radius 3 is 2.71 bits per heavy atom. The van der Waals surface area contributed by atoms with Crippen LogP contribution in [0.1, 0.15) is 17.7 Å². The summed E-state index contributed by atoms with van der Waals surface area (Å²) in [6, 6.07) is 4.81. The Hall–Kier alpha value is -1.95. The normalized spacial score (nSPS) is 14.2. The third-order valence-electron chi connectivity index (χ3n) is 3.65. The van der Waals surface area contributed by atoms with Gasteiger partial charge in [-0.2, -0.15) is 0 Å². The SMILES string of the molecule is Cc1sc(N)nc1-c1ccc(N(C)C(=O)C2CC2)c(F)c1. The minimum Gasteiger partial charge on any atom is -0.375 e. The van der Waals surface area contributed by atoms with Crippen molar-refractivity contribution in [3.8, 4) is 11.3 Å². The molecular weight excluding hydrogens is 289 g/mol. The van der Waals surface area contributed by atoms with Crippen molar-refractivity contribution in [1.29, 1.82) is 0 Å². The zero-order valence-corrected chi connectivity index (χ0v) is 12.7. The first-order chi connectivity index (χ1) is 9.97. The van der Waals surface area contributed by atoms with Gasteiger partial charge in [-0.15, -0.1) is 11.3 Å². The predicted molar refractivity (Wildman–Crippen MR) is 82.8 cm³/mol. The number of benzene rings is 1. The number of nitrogens with two attached hydrogens (primary N) is 1. The lowest BCUT2D eigenvalue weighted by Crippen LogP contribution is -2.28. The third-order valence-corrected chi connectivity index (χ3v) is 4.45. The van der Waals surface area contributed by atoms with Gasteiger partial charge in [0.2, 0.25) is 5.91 Å². The maximum Gasteiger partial charge on any atom is 0.229 e. The van der Waals surface area contributed by atoms with Gasteiger partial charge in [-0.25, -0.2) is 9.37 Å². The Morgan fingerprint density at radius 2 is 2.19 bits per heavy atom. The number of thiazole rings is 1. The molecular formula is C15H16FN3OS. The highest BCUT2D eigenvalue weighted by Gasteiger charge is 2.33. The smallest absolute Gasteiger partial charge is 0.229 e. The standard InChI is InChI=1S/C15H16FN3OS/c1-8-13(18-15(17)21-8)10-5-6-12(11(16)7-10)19(2)14(20)9-3-4-9/h5-7,9H,3-4H2,1-2H3,(H2,17,18). The number of carbonyl (C=O) groups is 1. The van der Waals surface area contributed by atoms with Crippen molar-refractivity contribution >= 4 is 28.1 Å². The molecule has 2 aromatic rings. The van der Waals surface area contributed by atoms with Crippen molar-refractivity contribution in [2.24, 2.45) is 5.92 Å². The van der Waals surface area contributed by atoms with E-state index in [0.29, 0.717) is 22.1 Å². The molecule has 1 aromatic heterocycles. The minimum atomic E-state index is -0.421. The van der Waals surface area contributed by atoms with E-state index in [2.05, 4.69) is 4.98 Å². The molecule has 2 N–H and O–H groups in total. The number of nitrogens with zero attached hydrogens (tertiary/aromatic N) is 2. The number of amides is 1. The number of carbonyl (C=O) groups excluding carboxylic acids is 1. The molecule has 1 fully saturated rings. The molecule has 1 aliphatic rings. The maximum absolute atomic E-state index is 14.3. The largest absolute Gasteiger partial charge is 0.375 e. The van der Waals surface area contributed by atoms with Crippen molar-refractivity contribution in [1.82, 2.24) is 4.98 Å². The molecule has 0 radical (unpaired) electrons. The summed E-state index contributed by atoms with van der Waals surface area (Å²) in [6.07, 6.45) is 1.81. The number of hydrogen-bond acceptors (Lipinski definition) is 4. The molecule has 0 atom stereocenters. The Labute approximate surface area is 126 Å². The maximum atomic E-state index is 14.3.